The number of nitrogens with zero attached hydrogens (tertiary/aromatic N) is 3. The lowest BCUT2D eigenvalue weighted by atomic mass is 9.81. The van der Waals surface area contributed by atoms with E-state index in [1.165, 1.54) is 6.07 Å². The summed E-state index contributed by atoms with van der Waals surface area (Å²) in [6.07, 6.45) is 0.868. The van der Waals surface area contributed by atoms with Crippen LogP contribution in [0.5, 0.6) is 0 Å². The number of esters is 1. The van der Waals surface area contributed by atoms with Gasteiger partial charge in [-0.3, -0.25) is 14.4 Å². The average Bonchev–Trinajstić information content (AvgIpc) is 3.70. The fourth-order valence-corrected chi connectivity index (χ4v) is 9.55. The average molecular weight is 940 g/mol. The Morgan fingerprint density at radius 2 is 1.85 bits per heavy atom. The Balaban J connectivity index is 0.912. The number of pyridine rings is 2. The molecule has 0 bridgehead atoms. The van der Waals surface area contributed by atoms with Crippen LogP contribution in [0.15, 0.2) is 41.2 Å². The van der Waals surface area contributed by atoms with E-state index in [0.717, 1.165) is 22.1 Å². The summed E-state index contributed by atoms with van der Waals surface area (Å²) in [4.78, 5) is 83.8. The number of hydrogen-bond acceptors (Lipinski definition) is 13. The van der Waals surface area contributed by atoms with Crippen molar-refractivity contribution < 1.29 is 47.7 Å². The lowest BCUT2D eigenvalue weighted by molar-refractivity contribution is -0.172. The summed E-state index contributed by atoms with van der Waals surface area (Å²) in [5, 5.41) is 23.9. The Bertz CT molecular complexity index is 2730. The SMILES string of the molecule is CC[C@]1(O)C(=O)OCc2c1cc1n(c2=O)Cc2c-1nc1cc(F)c(C)c3c1c2[C@H](NCC1CN(C(=O)OCc2ccc(NC(=O)[C@H](CCCNC(N)=O)NC(=O)[C@@H](N)C(C)C)cc2)CCO1)CC3. The van der Waals surface area contributed by atoms with Gasteiger partial charge in [-0.05, 0) is 85.4 Å². The summed E-state index contributed by atoms with van der Waals surface area (Å²) in [7, 11) is 0. The Morgan fingerprint density at radius 3 is 2.57 bits per heavy atom. The molecule has 2 aromatic carbocycles. The van der Waals surface area contributed by atoms with Crippen LogP contribution in [-0.2, 0) is 60.4 Å². The predicted molar refractivity (Wildman–Crippen MR) is 246 cm³/mol. The maximum Gasteiger partial charge on any atom is 0.410 e. The fourth-order valence-electron chi connectivity index (χ4n) is 9.55. The molecule has 8 rings (SSSR count). The van der Waals surface area contributed by atoms with Gasteiger partial charge >= 0.3 is 18.1 Å². The number of halogens is 1. The van der Waals surface area contributed by atoms with Crippen molar-refractivity contribution in [3.8, 4) is 11.4 Å². The van der Waals surface area contributed by atoms with Gasteiger partial charge in [-0.1, -0.05) is 32.9 Å². The number of anilines is 1. The van der Waals surface area contributed by atoms with Crippen LogP contribution in [0.4, 0.5) is 19.7 Å². The molecule has 2 aromatic heterocycles. The van der Waals surface area contributed by atoms with E-state index in [9.17, 15) is 33.9 Å². The summed E-state index contributed by atoms with van der Waals surface area (Å²) in [6.45, 7) is 8.33. The molecule has 19 nitrogen and oxygen atoms in total. The van der Waals surface area contributed by atoms with Gasteiger partial charge in [0.25, 0.3) is 5.56 Å². The number of nitrogens with two attached hydrogens (primary N) is 2. The largest absolute Gasteiger partial charge is 0.458 e. The molecule has 68 heavy (non-hydrogen) atoms. The Kier molecular flexibility index (Phi) is 13.9. The van der Waals surface area contributed by atoms with Gasteiger partial charge in [0.15, 0.2) is 5.60 Å². The number of cyclic esters (lactones) is 1. The molecule has 1 unspecified atom stereocenters. The number of nitrogens with one attached hydrogen (secondary N) is 4. The highest BCUT2D eigenvalue weighted by molar-refractivity contribution is 5.98. The normalized spacial score (nSPS) is 20.2. The molecule has 5 atom stereocenters. The molecule has 0 saturated carbocycles. The summed E-state index contributed by atoms with van der Waals surface area (Å²) < 4.78 is 34.1. The van der Waals surface area contributed by atoms with E-state index in [-0.39, 0.29) is 86.8 Å². The summed E-state index contributed by atoms with van der Waals surface area (Å²) in [5.74, 6) is -2.29. The second-order valence-corrected chi connectivity index (χ2v) is 18.3. The Morgan fingerprint density at radius 1 is 1.09 bits per heavy atom. The molecule has 9 N–H and O–H groups in total. The molecular formula is C48H58FN9O10. The Labute approximate surface area is 391 Å². The molecule has 0 spiro atoms. The van der Waals surface area contributed by atoms with Crippen molar-refractivity contribution in [2.45, 2.75) is 109 Å². The topological polar surface area (TPSA) is 272 Å². The smallest absolute Gasteiger partial charge is 0.410 e. The minimum Gasteiger partial charge on any atom is -0.458 e. The molecule has 20 heteroatoms. The van der Waals surface area contributed by atoms with Gasteiger partial charge in [0.05, 0.1) is 54.3 Å². The van der Waals surface area contributed by atoms with Gasteiger partial charge < -0.3 is 61.5 Å². The molecule has 0 radical (unpaired) electrons. The zero-order chi connectivity index (χ0) is 48.6. The fraction of sp³-hybridized carbons (Fsp3) is 0.479. The first-order chi connectivity index (χ1) is 32.5. The minimum atomic E-state index is -1.99. The lowest BCUT2D eigenvalue weighted by Gasteiger charge is -2.35. The first kappa shape index (κ1) is 48.0. The molecule has 1 aliphatic carbocycles. The van der Waals surface area contributed by atoms with E-state index >= 15 is 4.39 Å². The predicted octanol–water partition coefficient (Wildman–Crippen LogP) is 3.00. The van der Waals surface area contributed by atoms with Crippen LogP contribution < -0.4 is 38.3 Å². The summed E-state index contributed by atoms with van der Waals surface area (Å²) in [6, 6.07) is 7.12. The summed E-state index contributed by atoms with van der Waals surface area (Å²) >= 11 is 0. The van der Waals surface area contributed by atoms with Crippen molar-refractivity contribution in [2.75, 3.05) is 38.1 Å². The van der Waals surface area contributed by atoms with Crippen molar-refractivity contribution in [2.24, 2.45) is 17.4 Å². The number of carbonyl (C=O) groups is 5. The van der Waals surface area contributed by atoms with E-state index < -0.39 is 53.7 Å². The third-order valence-electron chi connectivity index (χ3n) is 13.6. The van der Waals surface area contributed by atoms with E-state index in [1.807, 2.05) is 0 Å². The Hall–Kier alpha value is -6.48. The minimum absolute atomic E-state index is 0.00336. The molecule has 1 fully saturated rings. The number of amides is 5. The molecular weight excluding hydrogens is 882 g/mol. The van der Waals surface area contributed by atoms with Crippen LogP contribution in [-0.4, -0.2) is 100 Å². The number of primary amides is 1. The molecule has 5 heterocycles. The lowest BCUT2D eigenvalue weighted by Crippen LogP contribution is -2.51. The molecule has 5 amide bonds. The monoisotopic (exact) mass is 939 g/mol. The van der Waals surface area contributed by atoms with Crippen LogP contribution in [0, 0.1) is 18.7 Å². The zero-order valence-electron chi connectivity index (χ0n) is 38.5. The van der Waals surface area contributed by atoms with Gasteiger partial charge in [-0.25, -0.2) is 23.8 Å². The molecule has 4 aliphatic rings. The number of ether oxygens (including phenoxy) is 3. The highest BCUT2D eigenvalue weighted by atomic mass is 19.1. The van der Waals surface area contributed by atoms with Gasteiger partial charge in [0.1, 0.15) is 25.1 Å². The third kappa shape index (κ3) is 9.37. The van der Waals surface area contributed by atoms with E-state index in [1.54, 1.807) is 67.5 Å². The van der Waals surface area contributed by atoms with Crippen LogP contribution in [0.2, 0.25) is 0 Å². The van der Waals surface area contributed by atoms with E-state index in [4.69, 9.17) is 30.7 Å². The van der Waals surface area contributed by atoms with Crippen molar-refractivity contribution in [3.05, 3.63) is 91.5 Å². The van der Waals surface area contributed by atoms with Gasteiger partial charge in [0, 0.05) is 53.9 Å². The molecule has 3 aliphatic heterocycles. The third-order valence-corrected chi connectivity index (χ3v) is 13.6. The number of aliphatic hydroxyl groups is 1. The number of fused-ring (bicyclic) bond motifs is 5. The first-order valence-corrected chi connectivity index (χ1v) is 23.1. The number of rotatable bonds is 15. The van der Waals surface area contributed by atoms with Gasteiger partial charge in [-0.15, -0.1) is 0 Å². The standard InChI is InChI=1S/C48H58FN9O10/c1-5-48(65)32-17-37-41-30(21-58(37)44(61)31(32)23-67-45(48)62)39-34(13-12-29-25(4)33(49)18-36(55-41)38(29)39)53-19-28-20-57(15-16-66-28)47(64)68-22-26-8-10-27(11-9-26)54-42(59)35(7-6-14-52-46(51)63)56-43(60)40(50)24(2)3/h8-11,17-18,24,28,34-35,40,53,65H,5-7,12-16,19-23,50H2,1-4H3,(H,54,59)(H,56,60)(H3,51,52,63)/t28?,34-,35+,40+,48-/m1/s1. The maximum atomic E-state index is 15.4. The summed E-state index contributed by atoms with van der Waals surface area (Å²) in [5.41, 5.74) is 14.8. The number of aryl methyl sites for hydroxylation is 1. The van der Waals surface area contributed by atoms with Crippen LogP contribution in [0.25, 0.3) is 22.3 Å². The second kappa shape index (κ2) is 19.6. The second-order valence-electron chi connectivity index (χ2n) is 18.3. The van der Waals surface area contributed by atoms with Crippen molar-refractivity contribution in [1.29, 1.82) is 0 Å². The maximum absolute atomic E-state index is 15.4. The number of benzene rings is 2. The van der Waals surface area contributed by atoms with Crippen LogP contribution in [0.1, 0.15) is 91.4 Å². The van der Waals surface area contributed by atoms with Gasteiger partial charge in [0.2, 0.25) is 11.8 Å². The van der Waals surface area contributed by atoms with Crippen molar-refractivity contribution >= 4 is 46.5 Å². The number of hydrogen-bond donors (Lipinski definition) is 7. The van der Waals surface area contributed by atoms with Crippen LogP contribution >= 0.6 is 0 Å². The van der Waals surface area contributed by atoms with Crippen molar-refractivity contribution in [1.82, 2.24) is 30.4 Å². The number of aromatic nitrogens is 2. The highest BCUT2D eigenvalue weighted by Crippen LogP contribution is 2.46. The first-order valence-electron chi connectivity index (χ1n) is 23.1. The van der Waals surface area contributed by atoms with E-state index in [0.29, 0.717) is 66.1 Å². The number of carbonyl (C=O) groups excluding carboxylic acids is 5. The molecule has 362 valence electrons. The van der Waals surface area contributed by atoms with E-state index in [2.05, 4.69) is 21.3 Å². The quantitative estimate of drug-likeness (QED) is 0.0589. The zero-order valence-corrected chi connectivity index (χ0v) is 38.5. The molecule has 4 aromatic rings. The van der Waals surface area contributed by atoms with Crippen LogP contribution in [0.3, 0.4) is 0 Å². The highest BCUT2D eigenvalue weighted by Gasteiger charge is 2.46. The number of urea groups is 1. The molecule has 1 saturated heterocycles. The van der Waals surface area contributed by atoms with Gasteiger partial charge in [-0.2, -0.15) is 0 Å². The van der Waals surface area contributed by atoms with Crippen molar-refractivity contribution in [3.63, 3.8) is 0 Å². The number of morpholine rings is 1.